The van der Waals surface area contributed by atoms with Gasteiger partial charge in [-0.3, -0.25) is 4.79 Å². The van der Waals surface area contributed by atoms with Crippen LogP contribution in [0.2, 0.25) is 0 Å². The number of aliphatic hydroxyl groups is 1. The molecule has 106 valence electrons. The molecule has 0 bridgehead atoms. The second-order valence-electron chi connectivity index (χ2n) is 6.77. The van der Waals surface area contributed by atoms with Gasteiger partial charge in [-0.25, -0.2) is 0 Å². The number of hydrogen-bond donors (Lipinski definition) is 2. The maximum Gasteiger partial charge on any atom is 0.220 e. The molecule has 1 rings (SSSR count). The molecular formula is C15H29NO2. The number of amides is 1. The first kappa shape index (κ1) is 15.5. The highest BCUT2D eigenvalue weighted by Gasteiger charge is 2.36. The summed E-state index contributed by atoms with van der Waals surface area (Å²) >= 11 is 0. The monoisotopic (exact) mass is 255 g/mol. The Kier molecular flexibility index (Phi) is 5.20. The quantitative estimate of drug-likeness (QED) is 0.793. The number of carbonyl (C=O) groups excluding carboxylic acids is 1. The Morgan fingerprint density at radius 1 is 1.17 bits per heavy atom. The first-order valence-electron chi connectivity index (χ1n) is 7.26. The Morgan fingerprint density at radius 2 is 1.72 bits per heavy atom. The Labute approximate surface area is 111 Å². The van der Waals surface area contributed by atoms with Gasteiger partial charge in [0, 0.05) is 6.42 Å². The lowest BCUT2D eigenvalue weighted by Crippen LogP contribution is -2.57. The average molecular weight is 255 g/mol. The van der Waals surface area contributed by atoms with E-state index in [1.807, 2.05) is 13.8 Å². The van der Waals surface area contributed by atoms with Gasteiger partial charge in [0.1, 0.15) is 0 Å². The van der Waals surface area contributed by atoms with Gasteiger partial charge >= 0.3 is 0 Å². The molecule has 1 saturated carbocycles. The molecule has 0 atom stereocenters. The lowest BCUT2D eigenvalue weighted by atomic mass is 9.84. The first-order chi connectivity index (χ1) is 8.22. The highest BCUT2D eigenvalue weighted by Crippen LogP contribution is 2.27. The highest BCUT2D eigenvalue weighted by atomic mass is 16.3. The summed E-state index contributed by atoms with van der Waals surface area (Å²) < 4.78 is 0. The third-order valence-corrected chi connectivity index (χ3v) is 4.49. The van der Waals surface area contributed by atoms with E-state index in [1.165, 1.54) is 32.1 Å². The molecular weight excluding hydrogens is 226 g/mol. The number of rotatable bonds is 5. The maximum atomic E-state index is 11.9. The van der Waals surface area contributed by atoms with Crippen molar-refractivity contribution in [1.29, 1.82) is 0 Å². The van der Waals surface area contributed by atoms with Crippen LogP contribution in [0.15, 0.2) is 0 Å². The minimum absolute atomic E-state index is 0.0627. The Hall–Kier alpha value is -0.570. The van der Waals surface area contributed by atoms with Gasteiger partial charge in [-0.15, -0.1) is 0 Å². The van der Waals surface area contributed by atoms with Crippen LogP contribution < -0.4 is 5.32 Å². The molecule has 0 spiro atoms. The smallest absolute Gasteiger partial charge is 0.220 e. The van der Waals surface area contributed by atoms with Crippen molar-refractivity contribution in [2.24, 2.45) is 5.92 Å². The van der Waals surface area contributed by atoms with Crippen molar-refractivity contribution < 1.29 is 9.90 Å². The Bertz CT molecular complexity index is 273. The van der Waals surface area contributed by atoms with Gasteiger partial charge in [0.15, 0.2) is 0 Å². The molecule has 0 aromatic carbocycles. The van der Waals surface area contributed by atoms with E-state index in [2.05, 4.69) is 5.32 Å². The molecule has 1 fully saturated rings. The van der Waals surface area contributed by atoms with Gasteiger partial charge < -0.3 is 10.4 Å². The summed E-state index contributed by atoms with van der Waals surface area (Å²) in [7, 11) is 0. The third-order valence-electron chi connectivity index (χ3n) is 4.49. The van der Waals surface area contributed by atoms with Crippen molar-refractivity contribution in [3.8, 4) is 0 Å². The molecule has 0 unspecified atom stereocenters. The molecule has 0 aromatic rings. The zero-order valence-corrected chi connectivity index (χ0v) is 12.4. The predicted octanol–water partition coefficient (Wildman–Crippen LogP) is 3.01. The van der Waals surface area contributed by atoms with Crippen molar-refractivity contribution in [2.45, 2.75) is 83.8 Å². The molecule has 0 aliphatic heterocycles. The van der Waals surface area contributed by atoms with Gasteiger partial charge in [0.05, 0.1) is 11.1 Å². The normalized spacial score (nSPS) is 18.7. The molecule has 1 amide bonds. The molecule has 3 heteroatoms. The minimum Gasteiger partial charge on any atom is -0.388 e. The van der Waals surface area contributed by atoms with E-state index in [1.54, 1.807) is 13.8 Å². The van der Waals surface area contributed by atoms with Crippen LogP contribution in [0.25, 0.3) is 0 Å². The summed E-state index contributed by atoms with van der Waals surface area (Å²) in [5.74, 6) is 0.794. The molecule has 0 aromatic heterocycles. The molecule has 2 N–H and O–H groups in total. The lowest BCUT2D eigenvalue weighted by Gasteiger charge is -2.38. The van der Waals surface area contributed by atoms with Crippen molar-refractivity contribution in [2.75, 3.05) is 0 Å². The zero-order valence-electron chi connectivity index (χ0n) is 12.4. The van der Waals surface area contributed by atoms with Crippen LogP contribution >= 0.6 is 0 Å². The first-order valence-corrected chi connectivity index (χ1v) is 7.26. The molecule has 18 heavy (non-hydrogen) atoms. The van der Waals surface area contributed by atoms with Crippen LogP contribution in [0.3, 0.4) is 0 Å². The van der Waals surface area contributed by atoms with Crippen LogP contribution in [-0.2, 0) is 4.79 Å². The minimum atomic E-state index is -0.909. The predicted molar refractivity (Wildman–Crippen MR) is 74.3 cm³/mol. The van der Waals surface area contributed by atoms with Crippen LogP contribution in [0.1, 0.15) is 72.6 Å². The molecule has 1 aliphatic carbocycles. The largest absolute Gasteiger partial charge is 0.388 e. The summed E-state index contributed by atoms with van der Waals surface area (Å²) in [6.07, 6.45) is 8.14. The van der Waals surface area contributed by atoms with Gasteiger partial charge in [-0.1, -0.05) is 32.1 Å². The van der Waals surface area contributed by atoms with Crippen molar-refractivity contribution in [3.05, 3.63) is 0 Å². The topological polar surface area (TPSA) is 49.3 Å². The van der Waals surface area contributed by atoms with E-state index >= 15 is 0 Å². The van der Waals surface area contributed by atoms with E-state index in [-0.39, 0.29) is 5.91 Å². The van der Waals surface area contributed by atoms with Gasteiger partial charge in [0.25, 0.3) is 0 Å². The second kappa shape index (κ2) is 6.05. The van der Waals surface area contributed by atoms with Crippen LogP contribution in [-0.4, -0.2) is 22.2 Å². The summed E-state index contributed by atoms with van der Waals surface area (Å²) in [5.41, 5.74) is -1.50. The number of carbonyl (C=O) groups is 1. The number of hydrogen-bond acceptors (Lipinski definition) is 2. The molecule has 0 heterocycles. The summed E-state index contributed by atoms with van der Waals surface area (Å²) in [5, 5.41) is 12.9. The van der Waals surface area contributed by atoms with E-state index in [4.69, 9.17) is 0 Å². The third kappa shape index (κ3) is 4.60. The van der Waals surface area contributed by atoms with E-state index in [0.717, 1.165) is 12.3 Å². The number of nitrogens with one attached hydrogen (secondary N) is 1. The van der Waals surface area contributed by atoms with Gasteiger partial charge in [-0.2, -0.15) is 0 Å². The Morgan fingerprint density at radius 3 is 2.22 bits per heavy atom. The lowest BCUT2D eigenvalue weighted by molar-refractivity contribution is -0.126. The fourth-order valence-electron chi connectivity index (χ4n) is 2.38. The summed E-state index contributed by atoms with van der Waals surface area (Å²) in [4.78, 5) is 11.9. The molecule has 0 radical (unpaired) electrons. The van der Waals surface area contributed by atoms with Crippen LogP contribution in [0.4, 0.5) is 0 Å². The van der Waals surface area contributed by atoms with E-state index in [9.17, 15) is 9.90 Å². The second-order valence-corrected chi connectivity index (χ2v) is 6.77. The standard InChI is InChI=1S/C15H29NO2/c1-14(2,15(3,4)18)16-13(17)11-10-12-8-6-5-7-9-12/h12,18H,5-11H2,1-4H3,(H,16,17). The molecule has 1 aliphatic rings. The SMILES string of the molecule is CC(C)(O)C(C)(C)NC(=O)CCC1CCCCC1. The van der Waals surface area contributed by atoms with E-state index < -0.39 is 11.1 Å². The highest BCUT2D eigenvalue weighted by molar-refractivity contribution is 5.76. The fraction of sp³-hybridized carbons (Fsp3) is 0.933. The van der Waals surface area contributed by atoms with Crippen molar-refractivity contribution in [3.63, 3.8) is 0 Å². The van der Waals surface area contributed by atoms with Crippen molar-refractivity contribution in [1.82, 2.24) is 5.32 Å². The average Bonchev–Trinajstić information content (AvgIpc) is 2.26. The van der Waals surface area contributed by atoms with Crippen LogP contribution in [0, 0.1) is 5.92 Å². The Balaban J connectivity index is 2.33. The zero-order chi connectivity index (χ0) is 13.8. The fourth-order valence-corrected chi connectivity index (χ4v) is 2.38. The van der Waals surface area contributed by atoms with Gasteiger partial charge in [-0.05, 0) is 40.0 Å². The summed E-state index contributed by atoms with van der Waals surface area (Å²) in [6, 6.07) is 0. The maximum absolute atomic E-state index is 11.9. The molecule has 3 nitrogen and oxygen atoms in total. The molecule has 0 saturated heterocycles. The van der Waals surface area contributed by atoms with E-state index in [0.29, 0.717) is 6.42 Å². The van der Waals surface area contributed by atoms with Crippen molar-refractivity contribution >= 4 is 5.91 Å². The summed E-state index contributed by atoms with van der Waals surface area (Å²) in [6.45, 7) is 7.19. The van der Waals surface area contributed by atoms with Crippen LogP contribution in [0.5, 0.6) is 0 Å². The van der Waals surface area contributed by atoms with Gasteiger partial charge in [0.2, 0.25) is 5.91 Å².